The first-order chi connectivity index (χ1) is 19.5. The molecule has 2 aromatic carbocycles. The maximum absolute atomic E-state index is 14.5. The molecular formula is C33H48N4O5. The van der Waals surface area contributed by atoms with Crippen molar-refractivity contribution in [1.82, 2.24) is 10.2 Å². The SMILES string of the molecule is Cc1ccc(C)c(C(C(=O)Nc2ccccc2C)N(C(=O)C(CC(N)=O)NC(=O)OC(C)(C)C)C(C)CCC(C)C)c1. The first-order valence-corrected chi connectivity index (χ1v) is 14.5. The molecule has 0 aliphatic carbocycles. The summed E-state index contributed by atoms with van der Waals surface area (Å²) in [5.74, 6) is -1.42. The number of rotatable bonds is 12. The summed E-state index contributed by atoms with van der Waals surface area (Å²) in [7, 11) is 0. The molecule has 0 spiro atoms. The molecule has 4 amide bonds. The average Bonchev–Trinajstić information content (AvgIpc) is 2.86. The van der Waals surface area contributed by atoms with Crippen molar-refractivity contribution >= 4 is 29.5 Å². The second kappa shape index (κ2) is 14.8. The topological polar surface area (TPSA) is 131 Å². The third-order valence-electron chi connectivity index (χ3n) is 6.94. The molecule has 0 aliphatic rings. The molecule has 0 aromatic heterocycles. The highest BCUT2D eigenvalue weighted by molar-refractivity contribution is 6.00. The summed E-state index contributed by atoms with van der Waals surface area (Å²) >= 11 is 0. The van der Waals surface area contributed by atoms with Gasteiger partial charge in [-0.2, -0.15) is 0 Å². The van der Waals surface area contributed by atoms with Gasteiger partial charge in [-0.05, 0) is 90.0 Å². The van der Waals surface area contributed by atoms with E-state index in [2.05, 4.69) is 24.5 Å². The van der Waals surface area contributed by atoms with Crippen LogP contribution in [0.25, 0.3) is 0 Å². The highest BCUT2D eigenvalue weighted by Crippen LogP contribution is 2.32. The Morgan fingerprint density at radius 3 is 2.14 bits per heavy atom. The molecule has 2 aromatic rings. The van der Waals surface area contributed by atoms with Crippen LogP contribution in [0.2, 0.25) is 0 Å². The van der Waals surface area contributed by atoms with Crippen molar-refractivity contribution in [2.75, 3.05) is 5.32 Å². The van der Waals surface area contributed by atoms with Crippen LogP contribution in [0.5, 0.6) is 0 Å². The fourth-order valence-electron chi connectivity index (χ4n) is 4.73. The van der Waals surface area contributed by atoms with Crippen molar-refractivity contribution in [3.63, 3.8) is 0 Å². The number of carbonyl (C=O) groups excluding carboxylic acids is 4. The normalized spacial score (nSPS) is 13.6. The lowest BCUT2D eigenvalue weighted by atomic mass is 9.93. The number of nitrogens with one attached hydrogen (secondary N) is 2. The Morgan fingerprint density at radius 1 is 0.929 bits per heavy atom. The van der Waals surface area contributed by atoms with Gasteiger partial charge in [0.25, 0.3) is 5.91 Å². The minimum absolute atomic E-state index is 0.352. The zero-order valence-electron chi connectivity index (χ0n) is 26.5. The van der Waals surface area contributed by atoms with Crippen molar-refractivity contribution in [3.8, 4) is 0 Å². The van der Waals surface area contributed by atoms with Crippen LogP contribution < -0.4 is 16.4 Å². The van der Waals surface area contributed by atoms with Gasteiger partial charge >= 0.3 is 6.09 Å². The number of hydrogen-bond donors (Lipinski definition) is 3. The number of anilines is 1. The maximum Gasteiger partial charge on any atom is 0.408 e. The molecule has 42 heavy (non-hydrogen) atoms. The van der Waals surface area contributed by atoms with Crippen molar-refractivity contribution in [3.05, 3.63) is 64.7 Å². The first kappa shape index (κ1) is 34.3. The predicted molar refractivity (Wildman–Crippen MR) is 166 cm³/mol. The van der Waals surface area contributed by atoms with Crippen LogP contribution in [0.3, 0.4) is 0 Å². The molecule has 230 valence electrons. The third kappa shape index (κ3) is 10.2. The van der Waals surface area contributed by atoms with Gasteiger partial charge in [0.05, 0.1) is 6.42 Å². The largest absolute Gasteiger partial charge is 0.444 e. The van der Waals surface area contributed by atoms with Gasteiger partial charge in [-0.15, -0.1) is 0 Å². The van der Waals surface area contributed by atoms with E-state index < -0.39 is 54.0 Å². The fraction of sp³-hybridized carbons (Fsp3) is 0.515. The number of alkyl carbamates (subject to hydrolysis) is 1. The Bertz CT molecular complexity index is 1270. The zero-order valence-corrected chi connectivity index (χ0v) is 26.5. The molecule has 3 unspecified atom stereocenters. The summed E-state index contributed by atoms with van der Waals surface area (Å²) < 4.78 is 5.39. The van der Waals surface area contributed by atoms with Crippen LogP contribution in [0, 0.1) is 26.7 Å². The van der Waals surface area contributed by atoms with Gasteiger partial charge in [0.15, 0.2) is 0 Å². The minimum atomic E-state index is -1.34. The molecule has 0 saturated carbocycles. The van der Waals surface area contributed by atoms with Gasteiger partial charge in [-0.25, -0.2) is 4.79 Å². The number of amides is 4. The maximum atomic E-state index is 14.5. The number of nitrogens with zero attached hydrogens (tertiary/aromatic N) is 1. The number of aryl methyl sites for hydroxylation is 3. The number of para-hydroxylation sites is 1. The number of hydrogen-bond acceptors (Lipinski definition) is 5. The molecule has 4 N–H and O–H groups in total. The van der Waals surface area contributed by atoms with Gasteiger partial charge in [0, 0.05) is 11.7 Å². The molecule has 3 atom stereocenters. The van der Waals surface area contributed by atoms with E-state index in [4.69, 9.17) is 10.5 Å². The molecule has 2 rings (SSSR count). The lowest BCUT2D eigenvalue weighted by Crippen LogP contribution is -2.56. The van der Waals surface area contributed by atoms with Crippen molar-refractivity contribution in [2.45, 2.75) is 105 Å². The van der Waals surface area contributed by atoms with Gasteiger partial charge in [0.2, 0.25) is 11.8 Å². The average molecular weight is 581 g/mol. The van der Waals surface area contributed by atoms with Gasteiger partial charge in [-0.3, -0.25) is 14.4 Å². The summed E-state index contributed by atoms with van der Waals surface area (Å²) in [5, 5.41) is 5.58. The van der Waals surface area contributed by atoms with E-state index in [1.165, 1.54) is 4.90 Å². The lowest BCUT2D eigenvalue weighted by Gasteiger charge is -2.39. The third-order valence-corrected chi connectivity index (χ3v) is 6.94. The summed E-state index contributed by atoms with van der Waals surface area (Å²) in [5.41, 5.74) is 8.60. The summed E-state index contributed by atoms with van der Waals surface area (Å²) in [6, 6.07) is 10.4. The molecule has 0 aliphatic heterocycles. The Balaban J connectivity index is 2.71. The highest BCUT2D eigenvalue weighted by atomic mass is 16.6. The minimum Gasteiger partial charge on any atom is -0.444 e. The quantitative estimate of drug-likeness (QED) is 0.296. The van der Waals surface area contributed by atoms with Crippen molar-refractivity contribution < 1.29 is 23.9 Å². The monoisotopic (exact) mass is 580 g/mol. The number of primary amides is 1. The number of ether oxygens (including phenoxy) is 1. The molecule has 0 fully saturated rings. The van der Waals surface area contributed by atoms with E-state index in [9.17, 15) is 19.2 Å². The van der Waals surface area contributed by atoms with E-state index in [0.29, 0.717) is 23.6 Å². The Kier molecular flexibility index (Phi) is 12.1. The van der Waals surface area contributed by atoms with Crippen LogP contribution in [0.15, 0.2) is 42.5 Å². The van der Waals surface area contributed by atoms with E-state index in [-0.39, 0.29) is 0 Å². The van der Waals surface area contributed by atoms with Crippen LogP contribution >= 0.6 is 0 Å². The molecule has 0 heterocycles. The summed E-state index contributed by atoms with van der Waals surface area (Å²) in [4.78, 5) is 55.1. The van der Waals surface area contributed by atoms with Crippen LogP contribution in [0.4, 0.5) is 10.5 Å². The molecule has 0 saturated heterocycles. The number of carbonyl (C=O) groups is 4. The standard InChI is InChI=1S/C33H48N4O5/c1-20(2)14-17-24(6)37(31(40)27(19-28(34)38)36-32(41)42-33(7,8)9)29(25-18-21(3)15-16-22(25)4)30(39)35-26-13-11-10-12-23(26)5/h10-13,15-16,18,20,24,27,29H,14,17,19H2,1-9H3,(H2,34,38)(H,35,39)(H,36,41). The molecule has 9 heteroatoms. The van der Waals surface area contributed by atoms with Crippen LogP contribution in [0.1, 0.15) is 89.1 Å². The smallest absolute Gasteiger partial charge is 0.408 e. The van der Waals surface area contributed by atoms with Crippen molar-refractivity contribution in [1.29, 1.82) is 0 Å². The van der Waals surface area contributed by atoms with E-state index in [1.807, 2.05) is 70.2 Å². The highest BCUT2D eigenvalue weighted by Gasteiger charge is 2.40. The van der Waals surface area contributed by atoms with Crippen molar-refractivity contribution in [2.24, 2.45) is 11.7 Å². The van der Waals surface area contributed by atoms with Crippen LogP contribution in [-0.2, 0) is 19.1 Å². The second-order valence-corrected chi connectivity index (χ2v) is 12.5. The van der Waals surface area contributed by atoms with Gasteiger partial charge < -0.3 is 26.0 Å². The van der Waals surface area contributed by atoms with E-state index >= 15 is 0 Å². The molecule has 0 radical (unpaired) electrons. The second-order valence-electron chi connectivity index (χ2n) is 12.5. The number of nitrogens with two attached hydrogens (primary N) is 1. The zero-order chi connectivity index (χ0) is 31.8. The predicted octanol–water partition coefficient (Wildman–Crippen LogP) is 5.71. The Morgan fingerprint density at radius 2 is 1.57 bits per heavy atom. The van der Waals surface area contributed by atoms with E-state index in [0.717, 1.165) is 23.1 Å². The fourth-order valence-corrected chi connectivity index (χ4v) is 4.73. The van der Waals surface area contributed by atoms with Gasteiger partial charge in [-0.1, -0.05) is 55.8 Å². The Labute approximate surface area is 250 Å². The van der Waals surface area contributed by atoms with E-state index in [1.54, 1.807) is 20.8 Å². The lowest BCUT2D eigenvalue weighted by molar-refractivity contribution is -0.144. The number of benzene rings is 2. The summed E-state index contributed by atoms with van der Waals surface area (Å²) in [6.07, 6.45) is 0.0800. The summed E-state index contributed by atoms with van der Waals surface area (Å²) in [6.45, 7) is 16.9. The Hall–Kier alpha value is -3.88. The van der Waals surface area contributed by atoms with Crippen LogP contribution in [-0.4, -0.2) is 46.4 Å². The van der Waals surface area contributed by atoms with Gasteiger partial charge in [0.1, 0.15) is 17.7 Å². The molecular weight excluding hydrogens is 532 g/mol. The molecule has 9 nitrogen and oxygen atoms in total. The first-order valence-electron chi connectivity index (χ1n) is 14.5. The molecule has 0 bridgehead atoms.